The summed E-state index contributed by atoms with van der Waals surface area (Å²) in [6.45, 7) is 6.34. The number of benzene rings is 1. The fourth-order valence-corrected chi connectivity index (χ4v) is 3.03. The molecule has 0 saturated carbocycles. The highest BCUT2D eigenvalue weighted by Gasteiger charge is 2.26. The van der Waals surface area contributed by atoms with Crippen LogP contribution in [0, 0.1) is 10.1 Å². The highest BCUT2D eigenvalue weighted by molar-refractivity contribution is 6.30. The first-order valence-corrected chi connectivity index (χ1v) is 8.67. The summed E-state index contributed by atoms with van der Waals surface area (Å²) in [6, 6.07) is 6.86. The number of nitro groups is 1. The van der Waals surface area contributed by atoms with Crippen LogP contribution >= 0.6 is 11.6 Å². The van der Waals surface area contributed by atoms with Gasteiger partial charge in [0.25, 0.3) is 0 Å². The first-order valence-electron chi connectivity index (χ1n) is 8.29. The van der Waals surface area contributed by atoms with Crippen molar-refractivity contribution in [2.45, 2.75) is 6.92 Å². The molecule has 1 aliphatic heterocycles. The van der Waals surface area contributed by atoms with E-state index in [1.165, 1.54) is 0 Å². The molecule has 0 aliphatic carbocycles. The van der Waals surface area contributed by atoms with Crippen LogP contribution < -0.4 is 16.0 Å². The third-order valence-corrected chi connectivity index (χ3v) is 4.51. The lowest BCUT2D eigenvalue weighted by atomic mass is 10.3. The second kappa shape index (κ2) is 7.71. The lowest BCUT2D eigenvalue weighted by molar-refractivity contribution is -0.383. The Morgan fingerprint density at radius 3 is 2.65 bits per heavy atom. The largest absolute Gasteiger partial charge is 0.378 e. The minimum absolute atomic E-state index is 0.0534. The van der Waals surface area contributed by atoms with E-state index in [1.807, 2.05) is 4.90 Å². The van der Waals surface area contributed by atoms with E-state index in [0.717, 1.165) is 32.7 Å². The van der Waals surface area contributed by atoms with Crippen LogP contribution in [0.4, 0.5) is 29.0 Å². The van der Waals surface area contributed by atoms with Crippen LogP contribution in [0.5, 0.6) is 0 Å². The van der Waals surface area contributed by atoms with Gasteiger partial charge in [0.15, 0.2) is 0 Å². The van der Waals surface area contributed by atoms with Crippen LogP contribution in [0.3, 0.4) is 0 Å². The first kappa shape index (κ1) is 18.2. The van der Waals surface area contributed by atoms with Crippen LogP contribution in [0.1, 0.15) is 6.92 Å². The minimum atomic E-state index is -0.582. The van der Waals surface area contributed by atoms with Gasteiger partial charge >= 0.3 is 5.69 Å². The molecule has 1 saturated heterocycles. The van der Waals surface area contributed by atoms with Crippen molar-refractivity contribution in [1.29, 1.82) is 0 Å². The molecule has 2 aromatic rings. The minimum Gasteiger partial charge on any atom is -0.378 e. The molecular weight excluding hydrogens is 358 g/mol. The maximum atomic E-state index is 11.4. The van der Waals surface area contributed by atoms with E-state index in [1.54, 1.807) is 24.3 Å². The van der Waals surface area contributed by atoms with Gasteiger partial charge in [0.05, 0.1) is 4.92 Å². The predicted octanol–water partition coefficient (Wildman–Crippen LogP) is 2.51. The summed E-state index contributed by atoms with van der Waals surface area (Å²) >= 11 is 5.98. The smallest absolute Gasteiger partial charge is 0.353 e. The van der Waals surface area contributed by atoms with Crippen LogP contribution in [0.15, 0.2) is 24.3 Å². The zero-order valence-corrected chi connectivity index (χ0v) is 15.1. The van der Waals surface area contributed by atoms with E-state index in [4.69, 9.17) is 17.3 Å². The number of piperazine rings is 1. The summed E-state index contributed by atoms with van der Waals surface area (Å²) in [5.41, 5.74) is 6.11. The number of anilines is 4. The topological polar surface area (TPSA) is 113 Å². The van der Waals surface area contributed by atoms with E-state index in [9.17, 15) is 10.1 Å². The molecule has 1 aliphatic rings. The molecule has 0 amide bonds. The number of hydrogen-bond donors (Lipinski definition) is 2. The number of halogens is 1. The third kappa shape index (κ3) is 3.94. The van der Waals surface area contributed by atoms with Gasteiger partial charge in [-0.3, -0.25) is 10.1 Å². The second-order valence-electron chi connectivity index (χ2n) is 5.92. The predicted molar refractivity (Wildman–Crippen MR) is 102 cm³/mol. The number of nitrogen functional groups attached to an aromatic ring is 1. The van der Waals surface area contributed by atoms with Gasteiger partial charge in [-0.2, -0.15) is 9.97 Å². The van der Waals surface area contributed by atoms with Crippen LogP contribution in [-0.2, 0) is 0 Å². The van der Waals surface area contributed by atoms with E-state index in [-0.39, 0.29) is 17.3 Å². The fourth-order valence-electron chi connectivity index (χ4n) is 2.84. The fraction of sp³-hybridized carbons (Fsp3) is 0.375. The Morgan fingerprint density at radius 1 is 1.31 bits per heavy atom. The highest BCUT2D eigenvalue weighted by Crippen LogP contribution is 2.32. The molecular formula is C16H20ClN7O2. The number of hydrogen-bond acceptors (Lipinski definition) is 8. The number of likely N-dealkylation sites (N-methyl/N-ethyl adjacent to an activating group) is 1. The standard InChI is InChI=1S/C16H20ClN7O2/c1-2-22-6-8-23(9-7-22)16-20-14(18)13(24(25)26)15(21-16)19-12-5-3-4-11(17)10-12/h3-5,10H,2,6-9H2,1H3,(H3,18,19,20,21). The highest BCUT2D eigenvalue weighted by atomic mass is 35.5. The SMILES string of the molecule is CCN1CCN(c2nc(N)c([N+](=O)[O-])c(Nc3cccc(Cl)c3)n2)CC1. The Bertz CT molecular complexity index is 809. The Balaban J connectivity index is 1.93. The van der Waals surface area contributed by atoms with E-state index >= 15 is 0 Å². The van der Waals surface area contributed by atoms with E-state index < -0.39 is 4.92 Å². The number of nitrogens with two attached hydrogens (primary N) is 1. The van der Waals surface area contributed by atoms with Crippen LogP contribution in [0.25, 0.3) is 0 Å². The maximum absolute atomic E-state index is 11.4. The van der Waals surface area contributed by atoms with Gasteiger partial charge in [-0.1, -0.05) is 24.6 Å². The van der Waals surface area contributed by atoms with E-state index in [0.29, 0.717) is 16.7 Å². The summed E-state index contributed by atoms with van der Waals surface area (Å²) in [6.07, 6.45) is 0. The quantitative estimate of drug-likeness (QED) is 0.603. The summed E-state index contributed by atoms with van der Waals surface area (Å²) in [7, 11) is 0. The average Bonchev–Trinajstić information content (AvgIpc) is 2.61. The van der Waals surface area contributed by atoms with Crippen molar-refractivity contribution in [2.24, 2.45) is 0 Å². The average molecular weight is 378 g/mol. The van der Waals surface area contributed by atoms with Crippen molar-refractivity contribution in [1.82, 2.24) is 14.9 Å². The molecule has 26 heavy (non-hydrogen) atoms. The Hall–Kier alpha value is -2.65. The number of rotatable bonds is 5. The summed E-state index contributed by atoms with van der Waals surface area (Å²) in [4.78, 5) is 23.7. The molecule has 3 N–H and O–H groups in total. The monoisotopic (exact) mass is 377 g/mol. The van der Waals surface area contributed by atoms with Gasteiger partial charge in [0, 0.05) is 36.9 Å². The van der Waals surface area contributed by atoms with Crippen molar-refractivity contribution in [2.75, 3.05) is 48.7 Å². The maximum Gasteiger partial charge on any atom is 0.353 e. The summed E-state index contributed by atoms with van der Waals surface area (Å²) in [5.74, 6) is 0.272. The lowest BCUT2D eigenvalue weighted by Crippen LogP contribution is -2.46. The Labute approximate surface area is 155 Å². The zero-order valence-electron chi connectivity index (χ0n) is 14.4. The van der Waals surface area contributed by atoms with Gasteiger partial charge in [0.1, 0.15) is 0 Å². The molecule has 1 fully saturated rings. The molecule has 10 heteroatoms. The molecule has 9 nitrogen and oxygen atoms in total. The summed E-state index contributed by atoms with van der Waals surface area (Å²) in [5, 5.41) is 14.9. The number of aromatic nitrogens is 2. The normalized spacial score (nSPS) is 15.1. The van der Waals surface area contributed by atoms with Crippen molar-refractivity contribution < 1.29 is 4.92 Å². The molecule has 0 bridgehead atoms. The molecule has 1 aromatic carbocycles. The molecule has 0 atom stereocenters. The van der Waals surface area contributed by atoms with Gasteiger partial charge in [-0.25, -0.2) is 0 Å². The van der Waals surface area contributed by atoms with Gasteiger partial charge in [-0.05, 0) is 24.7 Å². The second-order valence-corrected chi connectivity index (χ2v) is 6.36. The molecule has 0 radical (unpaired) electrons. The Kier molecular flexibility index (Phi) is 5.38. The lowest BCUT2D eigenvalue weighted by Gasteiger charge is -2.34. The van der Waals surface area contributed by atoms with E-state index in [2.05, 4.69) is 27.1 Å². The van der Waals surface area contributed by atoms with Crippen molar-refractivity contribution in [3.63, 3.8) is 0 Å². The molecule has 2 heterocycles. The van der Waals surface area contributed by atoms with Gasteiger partial charge in [0.2, 0.25) is 17.6 Å². The Morgan fingerprint density at radius 2 is 2.04 bits per heavy atom. The molecule has 138 valence electrons. The van der Waals surface area contributed by atoms with Crippen LogP contribution in [0.2, 0.25) is 5.02 Å². The zero-order chi connectivity index (χ0) is 18.7. The van der Waals surface area contributed by atoms with Gasteiger partial charge < -0.3 is 20.9 Å². The van der Waals surface area contributed by atoms with Crippen molar-refractivity contribution in [3.05, 3.63) is 39.4 Å². The van der Waals surface area contributed by atoms with Gasteiger partial charge in [-0.15, -0.1) is 0 Å². The molecule has 0 spiro atoms. The number of nitrogens with one attached hydrogen (secondary N) is 1. The molecule has 0 unspecified atom stereocenters. The van der Waals surface area contributed by atoms with Crippen molar-refractivity contribution in [3.8, 4) is 0 Å². The van der Waals surface area contributed by atoms with Crippen LogP contribution in [-0.4, -0.2) is 52.5 Å². The third-order valence-electron chi connectivity index (χ3n) is 4.27. The summed E-state index contributed by atoms with van der Waals surface area (Å²) < 4.78 is 0. The molecule has 1 aromatic heterocycles. The first-order chi connectivity index (χ1) is 12.5. The van der Waals surface area contributed by atoms with Crippen molar-refractivity contribution >= 4 is 40.6 Å². The molecule has 3 rings (SSSR count). The number of nitrogens with zero attached hydrogens (tertiary/aromatic N) is 5.